The Labute approximate surface area is 97.8 Å². The summed E-state index contributed by atoms with van der Waals surface area (Å²) in [5.41, 5.74) is 1.32. The highest BCUT2D eigenvalue weighted by atomic mass is 16.5. The molecule has 0 aromatic heterocycles. The second-order valence-electron chi connectivity index (χ2n) is 4.50. The Morgan fingerprint density at radius 2 is 1.75 bits per heavy atom. The van der Waals surface area contributed by atoms with Crippen molar-refractivity contribution >= 4 is 0 Å². The van der Waals surface area contributed by atoms with Gasteiger partial charge in [0.05, 0.1) is 14.2 Å². The van der Waals surface area contributed by atoms with Gasteiger partial charge in [0, 0.05) is 5.54 Å². The van der Waals surface area contributed by atoms with Gasteiger partial charge in [-0.3, -0.25) is 0 Å². The molecule has 3 nitrogen and oxygen atoms in total. The van der Waals surface area contributed by atoms with E-state index >= 15 is 0 Å². The van der Waals surface area contributed by atoms with Gasteiger partial charge in [-0.05, 0) is 45.0 Å². The van der Waals surface area contributed by atoms with Crippen molar-refractivity contribution in [1.82, 2.24) is 5.32 Å². The van der Waals surface area contributed by atoms with Gasteiger partial charge in [0.15, 0.2) is 11.5 Å². The standard InChI is InChI=1S/C13H21NO2/c1-13(2,14-3)9-10-6-7-11(15-4)12(8-10)16-5/h6-8,14H,9H2,1-5H3. The number of hydrogen-bond acceptors (Lipinski definition) is 3. The number of hydrogen-bond donors (Lipinski definition) is 1. The van der Waals surface area contributed by atoms with Crippen molar-refractivity contribution < 1.29 is 9.47 Å². The van der Waals surface area contributed by atoms with Crippen LogP contribution < -0.4 is 14.8 Å². The maximum Gasteiger partial charge on any atom is 0.160 e. The molecule has 0 spiro atoms. The quantitative estimate of drug-likeness (QED) is 0.830. The lowest BCUT2D eigenvalue weighted by Crippen LogP contribution is -2.38. The van der Waals surface area contributed by atoms with Gasteiger partial charge in [-0.2, -0.15) is 0 Å². The Bertz CT molecular complexity index is 348. The van der Waals surface area contributed by atoms with Crippen LogP contribution in [0, 0.1) is 0 Å². The highest BCUT2D eigenvalue weighted by Crippen LogP contribution is 2.28. The number of likely N-dealkylation sites (N-methyl/N-ethyl adjacent to an activating group) is 1. The molecule has 0 saturated carbocycles. The minimum absolute atomic E-state index is 0.0829. The molecule has 0 unspecified atom stereocenters. The first-order chi connectivity index (χ1) is 7.52. The predicted molar refractivity (Wildman–Crippen MR) is 66.4 cm³/mol. The summed E-state index contributed by atoms with van der Waals surface area (Å²) in [6.45, 7) is 4.34. The second-order valence-corrected chi connectivity index (χ2v) is 4.50. The zero-order valence-corrected chi connectivity index (χ0v) is 10.8. The zero-order chi connectivity index (χ0) is 12.2. The molecule has 3 heteroatoms. The van der Waals surface area contributed by atoms with Crippen LogP contribution in [0.15, 0.2) is 18.2 Å². The molecule has 0 aliphatic heterocycles. The third-order valence-electron chi connectivity index (χ3n) is 2.77. The first kappa shape index (κ1) is 12.8. The largest absolute Gasteiger partial charge is 0.493 e. The van der Waals surface area contributed by atoms with E-state index in [0.717, 1.165) is 17.9 Å². The lowest BCUT2D eigenvalue weighted by atomic mass is 9.95. The lowest BCUT2D eigenvalue weighted by molar-refractivity contribution is 0.353. The highest BCUT2D eigenvalue weighted by Gasteiger charge is 2.16. The Morgan fingerprint density at radius 3 is 2.25 bits per heavy atom. The summed E-state index contributed by atoms with van der Waals surface area (Å²) < 4.78 is 10.5. The van der Waals surface area contributed by atoms with Crippen molar-refractivity contribution in [2.75, 3.05) is 21.3 Å². The Kier molecular flexibility index (Phi) is 4.19. The molecule has 0 aliphatic rings. The van der Waals surface area contributed by atoms with Crippen LogP contribution in [0.1, 0.15) is 19.4 Å². The molecular formula is C13H21NO2. The summed E-state index contributed by atoms with van der Waals surface area (Å²) in [7, 11) is 5.28. The van der Waals surface area contributed by atoms with Crippen molar-refractivity contribution in [3.8, 4) is 11.5 Å². The maximum atomic E-state index is 5.28. The van der Waals surface area contributed by atoms with E-state index in [1.165, 1.54) is 5.56 Å². The molecule has 1 aromatic rings. The van der Waals surface area contributed by atoms with Gasteiger partial charge in [0.2, 0.25) is 0 Å². The Hall–Kier alpha value is -1.22. The summed E-state index contributed by atoms with van der Waals surface area (Å²) in [6.07, 6.45) is 0.948. The molecule has 16 heavy (non-hydrogen) atoms. The Balaban J connectivity index is 2.91. The Morgan fingerprint density at radius 1 is 1.12 bits per heavy atom. The normalized spacial score (nSPS) is 11.3. The minimum Gasteiger partial charge on any atom is -0.493 e. The van der Waals surface area contributed by atoms with Crippen LogP contribution in [-0.2, 0) is 6.42 Å². The number of rotatable bonds is 5. The molecule has 0 saturated heterocycles. The first-order valence-electron chi connectivity index (χ1n) is 5.42. The summed E-state index contributed by atoms with van der Waals surface area (Å²) in [6, 6.07) is 6.04. The van der Waals surface area contributed by atoms with E-state index in [9.17, 15) is 0 Å². The van der Waals surface area contributed by atoms with Gasteiger partial charge in [-0.25, -0.2) is 0 Å². The molecule has 1 N–H and O–H groups in total. The fourth-order valence-electron chi connectivity index (χ4n) is 1.59. The summed E-state index contributed by atoms with van der Waals surface area (Å²) >= 11 is 0. The van der Waals surface area contributed by atoms with Crippen molar-refractivity contribution in [3.05, 3.63) is 23.8 Å². The van der Waals surface area contributed by atoms with E-state index < -0.39 is 0 Å². The van der Waals surface area contributed by atoms with E-state index in [2.05, 4.69) is 25.2 Å². The zero-order valence-electron chi connectivity index (χ0n) is 10.8. The molecule has 0 heterocycles. The SMILES string of the molecule is CNC(C)(C)Cc1ccc(OC)c(OC)c1. The van der Waals surface area contributed by atoms with Crippen molar-refractivity contribution in [2.24, 2.45) is 0 Å². The predicted octanol–water partition coefficient (Wildman–Crippen LogP) is 2.24. The number of nitrogens with one attached hydrogen (secondary N) is 1. The third-order valence-corrected chi connectivity index (χ3v) is 2.77. The van der Waals surface area contributed by atoms with Crippen LogP contribution in [0.5, 0.6) is 11.5 Å². The van der Waals surface area contributed by atoms with Crippen LogP contribution in [0.3, 0.4) is 0 Å². The summed E-state index contributed by atoms with van der Waals surface area (Å²) in [5.74, 6) is 1.56. The molecule has 0 radical (unpaired) electrons. The van der Waals surface area contributed by atoms with Crippen LogP contribution in [0.25, 0.3) is 0 Å². The molecule has 1 aromatic carbocycles. The van der Waals surface area contributed by atoms with Gasteiger partial charge in [0.1, 0.15) is 0 Å². The monoisotopic (exact) mass is 223 g/mol. The van der Waals surface area contributed by atoms with E-state index in [1.54, 1.807) is 14.2 Å². The van der Waals surface area contributed by atoms with Crippen LogP contribution in [-0.4, -0.2) is 26.8 Å². The number of methoxy groups -OCH3 is 2. The smallest absolute Gasteiger partial charge is 0.160 e. The van der Waals surface area contributed by atoms with Gasteiger partial charge >= 0.3 is 0 Å². The van der Waals surface area contributed by atoms with E-state index in [-0.39, 0.29) is 5.54 Å². The number of ether oxygens (including phenoxy) is 2. The van der Waals surface area contributed by atoms with Gasteiger partial charge < -0.3 is 14.8 Å². The van der Waals surface area contributed by atoms with Crippen molar-refractivity contribution in [1.29, 1.82) is 0 Å². The molecule has 0 fully saturated rings. The van der Waals surface area contributed by atoms with E-state index in [4.69, 9.17) is 9.47 Å². The molecule has 0 bridgehead atoms. The first-order valence-corrected chi connectivity index (χ1v) is 5.42. The van der Waals surface area contributed by atoms with Gasteiger partial charge in [0.25, 0.3) is 0 Å². The molecule has 0 atom stereocenters. The fraction of sp³-hybridized carbons (Fsp3) is 0.538. The van der Waals surface area contributed by atoms with Crippen molar-refractivity contribution in [3.63, 3.8) is 0 Å². The average molecular weight is 223 g/mol. The molecule has 1 rings (SSSR count). The topological polar surface area (TPSA) is 30.5 Å². The van der Waals surface area contributed by atoms with Gasteiger partial charge in [-0.15, -0.1) is 0 Å². The fourth-order valence-corrected chi connectivity index (χ4v) is 1.59. The maximum absolute atomic E-state index is 5.28. The molecule has 0 aliphatic carbocycles. The second kappa shape index (κ2) is 5.21. The molecule has 90 valence electrons. The summed E-state index contributed by atoms with van der Waals surface area (Å²) in [5, 5.41) is 3.28. The van der Waals surface area contributed by atoms with Gasteiger partial charge in [-0.1, -0.05) is 6.07 Å². The van der Waals surface area contributed by atoms with E-state index in [0.29, 0.717) is 0 Å². The third kappa shape index (κ3) is 3.14. The van der Waals surface area contributed by atoms with E-state index in [1.807, 2.05) is 19.2 Å². The highest BCUT2D eigenvalue weighted by molar-refractivity contribution is 5.43. The van der Waals surface area contributed by atoms with Crippen LogP contribution in [0.4, 0.5) is 0 Å². The van der Waals surface area contributed by atoms with Crippen LogP contribution in [0.2, 0.25) is 0 Å². The minimum atomic E-state index is 0.0829. The van der Waals surface area contributed by atoms with Crippen LogP contribution >= 0.6 is 0 Å². The average Bonchev–Trinajstić information content (AvgIpc) is 2.28. The number of benzene rings is 1. The van der Waals surface area contributed by atoms with Crippen molar-refractivity contribution in [2.45, 2.75) is 25.8 Å². The molecular weight excluding hydrogens is 202 g/mol. The lowest BCUT2D eigenvalue weighted by Gasteiger charge is -2.24. The summed E-state index contributed by atoms with van der Waals surface area (Å²) in [4.78, 5) is 0. The molecule has 0 amide bonds.